The van der Waals surface area contributed by atoms with Crippen molar-refractivity contribution in [2.24, 2.45) is 0 Å². The van der Waals surface area contributed by atoms with Gasteiger partial charge in [-0.3, -0.25) is 9.63 Å². The molecular formula is C14H16BrNO2. The largest absolute Gasteiger partial charge is 0.270 e. The van der Waals surface area contributed by atoms with E-state index in [4.69, 9.17) is 4.84 Å². The number of halogens is 1. The highest BCUT2D eigenvalue weighted by Crippen LogP contribution is 2.19. The van der Waals surface area contributed by atoms with Crippen molar-refractivity contribution >= 4 is 27.9 Å². The second-order valence-electron chi connectivity index (χ2n) is 4.38. The van der Waals surface area contributed by atoms with Crippen molar-refractivity contribution in [1.82, 2.24) is 5.48 Å². The number of amides is 1. The molecule has 4 heteroatoms. The lowest BCUT2D eigenvalue weighted by Crippen LogP contribution is -2.26. The number of hydroxylamine groups is 1. The van der Waals surface area contributed by atoms with Crippen LogP contribution in [0.1, 0.15) is 31.2 Å². The fourth-order valence-corrected chi connectivity index (χ4v) is 2.38. The highest BCUT2D eigenvalue weighted by atomic mass is 79.9. The quantitative estimate of drug-likeness (QED) is 0.683. The van der Waals surface area contributed by atoms with E-state index in [0.717, 1.165) is 22.9 Å². The maximum Gasteiger partial charge on any atom is 0.267 e. The molecule has 0 radical (unpaired) electrons. The molecule has 0 bridgehead atoms. The first-order valence-corrected chi connectivity index (χ1v) is 6.92. The summed E-state index contributed by atoms with van der Waals surface area (Å²) < 4.78 is 0.993. The number of hydrogen-bond acceptors (Lipinski definition) is 2. The lowest BCUT2D eigenvalue weighted by atomic mass is 10.2. The Morgan fingerprint density at radius 2 is 2.17 bits per heavy atom. The molecule has 96 valence electrons. The van der Waals surface area contributed by atoms with Crippen LogP contribution < -0.4 is 5.48 Å². The summed E-state index contributed by atoms with van der Waals surface area (Å²) in [5.41, 5.74) is 3.44. The van der Waals surface area contributed by atoms with Crippen LogP contribution in [0, 0.1) is 0 Å². The molecule has 1 aliphatic carbocycles. The number of carbonyl (C=O) groups is 1. The zero-order valence-electron chi connectivity index (χ0n) is 10.1. The van der Waals surface area contributed by atoms with Gasteiger partial charge in [0.15, 0.2) is 0 Å². The Labute approximate surface area is 115 Å². The van der Waals surface area contributed by atoms with E-state index in [1.807, 2.05) is 24.3 Å². The Kier molecular flexibility index (Phi) is 4.96. The molecular weight excluding hydrogens is 294 g/mol. The zero-order chi connectivity index (χ0) is 12.8. The molecule has 1 saturated carbocycles. The van der Waals surface area contributed by atoms with E-state index < -0.39 is 0 Å². The first-order valence-electron chi connectivity index (χ1n) is 6.13. The van der Waals surface area contributed by atoms with E-state index in [1.165, 1.54) is 18.9 Å². The van der Waals surface area contributed by atoms with Crippen molar-refractivity contribution in [3.05, 3.63) is 40.4 Å². The minimum absolute atomic E-state index is 0.188. The molecule has 1 amide bonds. The molecule has 1 aromatic rings. The molecule has 3 nitrogen and oxygen atoms in total. The molecule has 1 fully saturated rings. The summed E-state index contributed by atoms with van der Waals surface area (Å²) in [6.45, 7) is 0. The summed E-state index contributed by atoms with van der Waals surface area (Å²) in [6.07, 6.45) is 7.89. The molecule has 1 N–H and O–H groups in total. The highest BCUT2D eigenvalue weighted by molar-refractivity contribution is 9.10. The molecule has 0 heterocycles. The summed E-state index contributed by atoms with van der Waals surface area (Å²) >= 11 is 3.39. The Hall–Kier alpha value is -1.13. The predicted octanol–water partition coefficient (Wildman–Crippen LogP) is 3.45. The van der Waals surface area contributed by atoms with E-state index >= 15 is 0 Å². The van der Waals surface area contributed by atoms with E-state index in [2.05, 4.69) is 21.4 Å². The molecule has 0 aliphatic heterocycles. The van der Waals surface area contributed by atoms with E-state index in [9.17, 15) is 4.79 Å². The van der Waals surface area contributed by atoms with Crippen LogP contribution in [0.15, 0.2) is 34.8 Å². The molecule has 2 rings (SSSR count). The maximum absolute atomic E-state index is 11.5. The van der Waals surface area contributed by atoms with Gasteiger partial charge in [0.1, 0.15) is 0 Å². The third kappa shape index (κ3) is 4.27. The average Bonchev–Trinajstić information content (AvgIpc) is 2.87. The van der Waals surface area contributed by atoms with Crippen LogP contribution in [-0.2, 0) is 9.63 Å². The van der Waals surface area contributed by atoms with Crippen LogP contribution in [-0.4, -0.2) is 12.0 Å². The SMILES string of the molecule is O=C(/C=C/c1cccc(Br)c1)NOC1CCCC1. The Balaban J connectivity index is 1.79. The number of benzene rings is 1. The van der Waals surface area contributed by atoms with Gasteiger partial charge >= 0.3 is 0 Å². The molecule has 0 aromatic heterocycles. The van der Waals surface area contributed by atoms with Crippen molar-refractivity contribution in [1.29, 1.82) is 0 Å². The van der Waals surface area contributed by atoms with Gasteiger partial charge in [-0.2, -0.15) is 0 Å². The highest BCUT2D eigenvalue weighted by Gasteiger charge is 2.16. The average molecular weight is 310 g/mol. The van der Waals surface area contributed by atoms with Crippen LogP contribution >= 0.6 is 15.9 Å². The van der Waals surface area contributed by atoms with Crippen LogP contribution in [0.3, 0.4) is 0 Å². The maximum atomic E-state index is 11.5. The van der Waals surface area contributed by atoms with Gasteiger partial charge in [0.05, 0.1) is 6.10 Å². The van der Waals surface area contributed by atoms with Gasteiger partial charge in [-0.1, -0.05) is 40.9 Å². The molecule has 0 atom stereocenters. The van der Waals surface area contributed by atoms with Crippen molar-refractivity contribution in [2.45, 2.75) is 31.8 Å². The zero-order valence-corrected chi connectivity index (χ0v) is 11.7. The molecule has 0 spiro atoms. The van der Waals surface area contributed by atoms with Crippen LogP contribution in [0.2, 0.25) is 0 Å². The minimum Gasteiger partial charge on any atom is -0.270 e. The minimum atomic E-state index is -0.220. The lowest BCUT2D eigenvalue weighted by molar-refractivity contribution is -0.132. The summed E-state index contributed by atoms with van der Waals surface area (Å²) in [5, 5.41) is 0. The van der Waals surface area contributed by atoms with Crippen LogP contribution in [0.4, 0.5) is 0 Å². The van der Waals surface area contributed by atoms with E-state index in [1.54, 1.807) is 6.08 Å². The van der Waals surface area contributed by atoms with Gasteiger partial charge in [0, 0.05) is 10.5 Å². The fraction of sp³-hybridized carbons (Fsp3) is 0.357. The first-order chi connectivity index (χ1) is 8.74. The number of hydrogen-bond donors (Lipinski definition) is 1. The standard InChI is InChI=1S/C14H16BrNO2/c15-12-5-3-4-11(10-12)8-9-14(17)16-18-13-6-1-2-7-13/h3-5,8-10,13H,1-2,6-7H2,(H,16,17)/b9-8+. The molecule has 0 saturated heterocycles. The smallest absolute Gasteiger partial charge is 0.267 e. The topological polar surface area (TPSA) is 38.3 Å². The van der Waals surface area contributed by atoms with Gasteiger partial charge in [0.2, 0.25) is 0 Å². The van der Waals surface area contributed by atoms with Crippen molar-refractivity contribution in [2.75, 3.05) is 0 Å². The van der Waals surface area contributed by atoms with Gasteiger partial charge in [-0.05, 0) is 36.6 Å². The second-order valence-corrected chi connectivity index (χ2v) is 5.29. The number of nitrogens with one attached hydrogen (secondary N) is 1. The Morgan fingerprint density at radius 1 is 1.39 bits per heavy atom. The van der Waals surface area contributed by atoms with Gasteiger partial charge in [-0.25, -0.2) is 5.48 Å². The van der Waals surface area contributed by atoms with E-state index in [0.29, 0.717) is 0 Å². The van der Waals surface area contributed by atoms with Crippen molar-refractivity contribution < 1.29 is 9.63 Å². The summed E-state index contributed by atoms with van der Waals surface area (Å²) in [5.74, 6) is -0.220. The normalized spacial score (nSPS) is 16.3. The summed E-state index contributed by atoms with van der Waals surface area (Å²) in [6, 6.07) is 7.76. The fourth-order valence-electron chi connectivity index (χ4n) is 1.96. The lowest BCUT2D eigenvalue weighted by Gasteiger charge is -2.09. The van der Waals surface area contributed by atoms with Crippen LogP contribution in [0.5, 0.6) is 0 Å². The van der Waals surface area contributed by atoms with Crippen molar-refractivity contribution in [3.63, 3.8) is 0 Å². The molecule has 1 aromatic carbocycles. The summed E-state index contributed by atoms with van der Waals surface area (Å²) in [4.78, 5) is 16.8. The van der Waals surface area contributed by atoms with Gasteiger partial charge in [-0.15, -0.1) is 0 Å². The number of rotatable bonds is 4. The third-order valence-corrected chi connectivity index (χ3v) is 3.40. The molecule has 1 aliphatic rings. The monoisotopic (exact) mass is 309 g/mol. The number of carbonyl (C=O) groups excluding carboxylic acids is 1. The Morgan fingerprint density at radius 3 is 2.89 bits per heavy atom. The van der Waals surface area contributed by atoms with Crippen LogP contribution in [0.25, 0.3) is 6.08 Å². The van der Waals surface area contributed by atoms with Crippen molar-refractivity contribution in [3.8, 4) is 0 Å². The first kappa shape index (κ1) is 13.3. The van der Waals surface area contributed by atoms with Gasteiger partial charge in [0.25, 0.3) is 5.91 Å². The molecule has 0 unspecified atom stereocenters. The molecule has 18 heavy (non-hydrogen) atoms. The second kappa shape index (κ2) is 6.71. The van der Waals surface area contributed by atoms with Gasteiger partial charge < -0.3 is 0 Å². The third-order valence-electron chi connectivity index (χ3n) is 2.90. The predicted molar refractivity (Wildman–Crippen MR) is 74.7 cm³/mol. The summed E-state index contributed by atoms with van der Waals surface area (Å²) in [7, 11) is 0. The Bertz CT molecular complexity index is 439. The van der Waals surface area contributed by atoms with E-state index in [-0.39, 0.29) is 12.0 Å².